The number of anilines is 1. The minimum atomic E-state index is -0.375. The normalized spacial score (nSPS) is 10.4. The summed E-state index contributed by atoms with van der Waals surface area (Å²) in [5.41, 5.74) is 2.03. The topological polar surface area (TPSA) is 91.8 Å². The number of amides is 1. The zero-order valence-corrected chi connectivity index (χ0v) is 19.0. The molecule has 1 N–H and O–H groups in total. The lowest BCUT2D eigenvalue weighted by Gasteiger charge is -2.15. The van der Waals surface area contributed by atoms with Gasteiger partial charge in [0, 0.05) is 40.2 Å². The Morgan fingerprint density at radius 1 is 1.00 bits per heavy atom. The molecule has 3 aromatic rings. The van der Waals surface area contributed by atoms with Crippen molar-refractivity contribution in [3.63, 3.8) is 0 Å². The molecule has 0 radical (unpaired) electrons. The molecule has 1 amide bonds. The predicted molar refractivity (Wildman–Crippen MR) is 122 cm³/mol. The van der Waals surface area contributed by atoms with Gasteiger partial charge in [0.05, 0.1) is 21.3 Å². The van der Waals surface area contributed by atoms with Gasteiger partial charge in [0.1, 0.15) is 0 Å². The van der Waals surface area contributed by atoms with Crippen molar-refractivity contribution in [3.8, 4) is 34.5 Å². The summed E-state index contributed by atoms with van der Waals surface area (Å²) in [4.78, 5) is 21.4. The van der Waals surface area contributed by atoms with Crippen molar-refractivity contribution in [1.29, 1.82) is 0 Å². The number of carbonyl (C=O) groups excluding carboxylic acids is 1. The maximum Gasteiger partial charge on any atom is 0.262 e. The molecule has 0 spiro atoms. The molecule has 1 heterocycles. The standard InChI is InChI=1S/C23H24ClN3O5/c1-5-16-12-21(27-23(26-16)14-7-6-8-15(24)9-14)32-13-20(28)25-17-10-18(29-2)22(31-4)19(11-17)30-3/h6-12H,5,13H2,1-4H3,(H,25,28). The monoisotopic (exact) mass is 457 g/mol. The lowest BCUT2D eigenvalue weighted by molar-refractivity contribution is -0.118. The number of aromatic nitrogens is 2. The van der Waals surface area contributed by atoms with E-state index in [0.717, 1.165) is 11.3 Å². The van der Waals surface area contributed by atoms with E-state index < -0.39 is 0 Å². The minimum Gasteiger partial charge on any atom is -0.493 e. The Bertz CT molecular complexity index is 1080. The highest BCUT2D eigenvalue weighted by Crippen LogP contribution is 2.39. The number of aryl methyl sites for hydroxylation is 1. The van der Waals surface area contributed by atoms with Crippen LogP contribution in [0.15, 0.2) is 42.5 Å². The average Bonchev–Trinajstić information content (AvgIpc) is 2.81. The molecule has 1 aromatic heterocycles. The quantitative estimate of drug-likeness (QED) is 0.509. The molecular formula is C23H24ClN3O5. The number of hydrogen-bond donors (Lipinski definition) is 1. The molecule has 0 aliphatic rings. The van der Waals surface area contributed by atoms with Crippen LogP contribution >= 0.6 is 11.6 Å². The van der Waals surface area contributed by atoms with E-state index in [1.807, 2.05) is 19.1 Å². The number of nitrogens with one attached hydrogen (secondary N) is 1. The fourth-order valence-electron chi connectivity index (χ4n) is 2.97. The Labute approximate surface area is 191 Å². The summed E-state index contributed by atoms with van der Waals surface area (Å²) >= 11 is 6.08. The van der Waals surface area contributed by atoms with Crippen molar-refractivity contribution >= 4 is 23.2 Å². The number of ether oxygens (including phenoxy) is 4. The number of carbonyl (C=O) groups is 1. The molecule has 0 aliphatic carbocycles. The zero-order chi connectivity index (χ0) is 23.1. The lowest BCUT2D eigenvalue weighted by Crippen LogP contribution is -2.20. The molecule has 0 atom stereocenters. The third-order valence-electron chi connectivity index (χ3n) is 4.50. The van der Waals surface area contributed by atoms with Crippen LogP contribution < -0.4 is 24.3 Å². The van der Waals surface area contributed by atoms with Gasteiger partial charge in [0.25, 0.3) is 5.91 Å². The summed E-state index contributed by atoms with van der Waals surface area (Å²) in [6.45, 7) is 1.73. The van der Waals surface area contributed by atoms with Crippen molar-refractivity contribution in [1.82, 2.24) is 9.97 Å². The highest BCUT2D eigenvalue weighted by molar-refractivity contribution is 6.30. The van der Waals surface area contributed by atoms with Gasteiger partial charge in [-0.2, -0.15) is 4.98 Å². The largest absolute Gasteiger partial charge is 0.493 e. The average molecular weight is 458 g/mol. The summed E-state index contributed by atoms with van der Waals surface area (Å²) in [5.74, 6) is 1.69. The van der Waals surface area contributed by atoms with Crippen LogP contribution in [0.5, 0.6) is 23.1 Å². The van der Waals surface area contributed by atoms with Crippen LogP contribution in [0.25, 0.3) is 11.4 Å². The van der Waals surface area contributed by atoms with Gasteiger partial charge in [-0.1, -0.05) is 30.7 Å². The molecule has 9 heteroatoms. The van der Waals surface area contributed by atoms with Crippen molar-refractivity contribution in [2.75, 3.05) is 33.3 Å². The van der Waals surface area contributed by atoms with E-state index in [0.29, 0.717) is 46.1 Å². The second kappa shape index (κ2) is 10.7. The third kappa shape index (κ3) is 5.59. The minimum absolute atomic E-state index is 0.244. The first-order chi connectivity index (χ1) is 15.5. The highest BCUT2D eigenvalue weighted by atomic mass is 35.5. The van der Waals surface area contributed by atoms with Gasteiger partial charge >= 0.3 is 0 Å². The van der Waals surface area contributed by atoms with E-state index in [-0.39, 0.29) is 12.5 Å². The molecule has 2 aromatic carbocycles. The number of rotatable bonds is 9. The van der Waals surface area contributed by atoms with Crippen LogP contribution in [0.1, 0.15) is 12.6 Å². The summed E-state index contributed by atoms with van der Waals surface area (Å²) in [7, 11) is 4.52. The molecule has 168 valence electrons. The van der Waals surface area contributed by atoms with Gasteiger partial charge in [-0.25, -0.2) is 4.98 Å². The molecule has 0 aliphatic heterocycles. The molecule has 0 saturated carbocycles. The summed E-state index contributed by atoms with van der Waals surface area (Å²) in [6.07, 6.45) is 0.685. The maximum atomic E-state index is 12.5. The molecule has 3 rings (SSSR count). The van der Waals surface area contributed by atoms with Crippen molar-refractivity contribution in [3.05, 3.63) is 53.2 Å². The van der Waals surface area contributed by atoms with E-state index in [1.165, 1.54) is 21.3 Å². The van der Waals surface area contributed by atoms with Crippen LogP contribution in [0.4, 0.5) is 5.69 Å². The Kier molecular flexibility index (Phi) is 7.72. The fourth-order valence-corrected chi connectivity index (χ4v) is 3.16. The van der Waals surface area contributed by atoms with Crippen molar-refractivity contribution < 1.29 is 23.7 Å². The zero-order valence-electron chi connectivity index (χ0n) is 18.3. The number of halogens is 1. The van der Waals surface area contributed by atoms with E-state index >= 15 is 0 Å². The summed E-state index contributed by atoms with van der Waals surface area (Å²) < 4.78 is 21.6. The molecule has 0 unspecified atom stereocenters. The van der Waals surface area contributed by atoms with Gasteiger partial charge < -0.3 is 24.3 Å². The van der Waals surface area contributed by atoms with E-state index in [2.05, 4.69) is 15.3 Å². The first-order valence-corrected chi connectivity index (χ1v) is 10.2. The number of methoxy groups -OCH3 is 3. The summed E-state index contributed by atoms with van der Waals surface area (Å²) in [5, 5.41) is 3.34. The SMILES string of the molecule is CCc1cc(OCC(=O)Nc2cc(OC)c(OC)c(OC)c2)nc(-c2cccc(Cl)c2)n1. The van der Waals surface area contributed by atoms with E-state index in [1.54, 1.807) is 30.3 Å². The van der Waals surface area contributed by atoms with Gasteiger partial charge in [-0.05, 0) is 18.6 Å². The number of hydrogen-bond acceptors (Lipinski definition) is 7. The van der Waals surface area contributed by atoms with E-state index in [4.69, 9.17) is 30.5 Å². The Morgan fingerprint density at radius 2 is 1.72 bits per heavy atom. The molecule has 0 bridgehead atoms. The molecule has 32 heavy (non-hydrogen) atoms. The fraction of sp³-hybridized carbons (Fsp3) is 0.261. The lowest BCUT2D eigenvalue weighted by atomic mass is 10.2. The van der Waals surface area contributed by atoms with E-state index in [9.17, 15) is 4.79 Å². The smallest absolute Gasteiger partial charge is 0.262 e. The maximum absolute atomic E-state index is 12.5. The summed E-state index contributed by atoms with van der Waals surface area (Å²) in [6, 6.07) is 12.2. The Balaban J connectivity index is 1.74. The molecular weight excluding hydrogens is 434 g/mol. The first-order valence-electron chi connectivity index (χ1n) is 9.84. The highest BCUT2D eigenvalue weighted by Gasteiger charge is 2.15. The number of benzene rings is 2. The molecule has 0 fully saturated rings. The van der Waals surface area contributed by atoms with Crippen LogP contribution in [-0.2, 0) is 11.2 Å². The van der Waals surface area contributed by atoms with Crippen molar-refractivity contribution in [2.24, 2.45) is 0 Å². The second-order valence-corrected chi connectivity index (χ2v) is 7.07. The molecule has 0 saturated heterocycles. The Hall–Kier alpha value is -3.52. The number of nitrogens with zero attached hydrogens (tertiary/aromatic N) is 2. The van der Waals surface area contributed by atoms with Gasteiger partial charge in [-0.3, -0.25) is 4.79 Å². The third-order valence-corrected chi connectivity index (χ3v) is 4.74. The van der Waals surface area contributed by atoms with Gasteiger partial charge in [0.15, 0.2) is 23.9 Å². The van der Waals surface area contributed by atoms with Crippen LogP contribution in [0, 0.1) is 0 Å². The van der Waals surface area contributed by atoms with Gasteiger partial charge in [0.2, 0.25) is 11.6 Å². The first kappa shape index (κ1) is 23.1. The predicted octanol–water partition coefficient (Wildman–Crippen LogP) is 4.40. The van der Waals surface area contributed by atoms with Gasteiger partial charge in [-0.15, -0.1) is 0 Å². The van der Waals surface area contributed by atoms with Crippen molar-refractivity contribution in [2.45, 2.75) is 13.3 Å². The van der Waals surface area contributed by atoms with Crippen LogP contribution in [0.2, 0.25) is 5.02 Å². The Morgan fingerprint density at radius 3 is 2.31 bits per heavy atom. The van der Waals surface area contributed by atoms with Crippen LogP contribution in [-0.4, -0.2) is 43.8 Å². The second-order valence-electron chi connectivity index (χ2n) is 6.64. The molecule has 8 nitrogen and oxygen atoms in total. The van der Waals surface area contributed by atoms with Crippen LogP contribution in [0.3, 0.4) is 0 Å².